The molecule has 1 aromatic heterocycles. The first-order valence-electron chi connectivity index (χ1n) is 7.08. The van der Waals surface area contributed by atoms with E-state index in [-0.39, 0.29) is 0 Å². The van der Waals surface area contributed by atoms with Gasteiger partial charge in [-0.1, -0.05) is 29.8 Å². The summed E-state index contributed by atoms with van der Waals surface area (Å²) in [5, 5.41) is 4.34. The highest BCUT2D eigenvalue weighted by atomic mass is 35.5. The van der Waals surface area contributed by atoms with Crippen molar-refractivity contribution >= 4 is 28.5 Å². The number of halogens is 1. The van der Waals surface area contributed by atoms with Crippen LogP contribution in [0.25, 0.3) is 10.9 Å². The highest BCUT2D eigenvalue weighted by Gasteiger charge is 2.10. The molecule has 0 aliphatic carbocycles. The molecule has 1 heterocycles. The molecule has 0 saturated carbocycles. The van der Waals surface area contributed by atoms with E-state index < -0.39 is 0 Å². The van der Waals surface area contributed by atoms with Crippen LogP contribution in [0, 0.1) is 0 Å². The number of hydrogen-bond donors (Lipinski definition) is 1. The van der Waals surface area contributed by atoms with Crippen LogP contribution in [-0.4, -0.2) is 24.2 Å². The van der Waals surface area contributed by atoms with E-state index in [1.807, 2.05) is 42.5 Å². The van der Waals surface area contributed by atoms with E-state index in [0.29, 0.717) is 28.9 Å². The van der Waals surface area contributed by atoms with E-state index in [1.165, 1.54) is 0 Å². The summed E-state index contributed by atoms with van der Waals surface area (Å²) in [5.41, 5.74) is 1.78. The van der Waals surface area contributed by atoms with Crippen LogP contribution in [0.4, 0.5) is 5.95 Å². The Balaban J connectivity index is 1.85. The van der Waals surface area contributed by atoms with Crippen molar-refractivity contribution in [2.75, 3.05) is 19.5 Å². The largest absolute Gasteiger partial charge is 0.497 e. The maximum Gasteiger partial charge on any atom is 0.225 e. The second kappa shape index (κ2) is 6.71. The lowest BCUT2D eigenvalue weighted by Gasteiger charge is -2.10. The number of rotatable bonds is 5. The number of ether oxygens (including phenoxy) is 2. The van der Waals surface area contributed by atoms with Gasteiger partial charge in [0.25, 0.3) is 0 Å². The summed E-state index contributed by atoms with van der Waals surface area (Å²) >= 11 is 6.25. The first-order chi connectivity index (χ1) is 11.2. The summed E-state index contributed by atoms with van der Waals surface area (Å²) in [5.74, 6) is 1.95. The van der Waals surface area contributed by atoms with Crippen molar-refractivity contribution in [3.63, 3.8) is 0 Å². The highest BCUT2D eigenvalue weighted by Crippen LogP contribution is 2.29. The molecule has 0 spiro atoms. The summed E-state index contributed by atoms with van der Waals surface area (Å²) in [6.07, 6.45) is 0. The Kier molecular flexibility index (Phi) is 4.48. The average Bonchev–Trinajstić information content (AvgIpc) is 2.60. The van der Waals surface area contributed by atoms with Crippen LogP contribution in [0.2, 0.25) is 5.15 Å². The van der Waals surface area contributed by atoms with E-state index in [2.05, 4.69) is 15.3 Å². The third kappa shape index (κ3) is 3.29. The van der Waals surface area contributed by atoms with E-state index in [0.717, 1.165) is 16.7 Å². The maximum atomic E-state index is 6.25. The van der Waals surface area contributed by atoms with Crippen LogP contribution in [0.1, 0.15) is 5.56 Å². The number of para-hydroxylation sites is 1. The van der Waals surface area contributed by atoms with Crippen LogP contribution in [0.3, 0.4) is 0 Å². The molecule has 0 aliphatic heterocycles. The molecule has 3 aromatic rings. The number of benzene rings is 2. The van der Waals surface area contributed by atoms with Crippen LogP contribution >= 0.6 is 11.6 Å². The minimum Gasteiger partial charge on any atom is -0.497 e. The molecule has 0 unspecified atom stereocenters. The molecule has 0 radical (unpaired) electrons. The number of nitrogens with one attached hydrogen (secondary N) is 1. The number of hydrogen-bond acceptors (Lipinski definition) is 5. The fourth-order valence-corrected chi connectivity index (χ4v) is 2.49. The summed E-state index contributed by atoms with van der Waals surface area (Å²) < 4.78 is 10.5. The van der Waals surface area contributed by atoms with Gasteiger partial charge in [0.15, 0.2) is 0 Å². The molecule has 23 heavy (non-hydrogen) atoms. The van der Waals surface area contributed by atoms with Crippen molar-refractivity contribution in [3.05, 3.63) is 53.2 Å². The molecule has 5 nitrogen and oxygen atoms in total. The molecule has 2 aromatic carbocycles. The molecular weight excluding hydrogens is 314 g/mol. The fourth-order valence-electron chi connectivity index (χ4n) is 2.26. The molecule has 6 heteroatoms. The molecule has 0 aliphatic rings. The van der Waals surface area contributed by atoms with Crippen molar-refractivity contribution in [2.45, 2.75) is 6.54 Å². The monoisotopic (exact) mass is 329 g/mol. The molecule has 0 amide bonds. The average molecular weight is 330 g/mol. The predicted octanol–water partition coefficient (Wildman–Crippen LogP) is 3.91. The summed E-state index contributed by atoms with van der Waals surface area (Å²) in [4.78, 5) is 8.79. The third-order valence-electron chi connectivity index (χ3n) is 3.47. The van der Waals surface area contributed by atoms with Gasteiger partial charge in [-0.15, -0.1) is 0 Å². The lowest BCUT2D eigenvalue weighted by molar-refractivity contribution is 0.414. The van der Waals surface area contributed by atoms with Crippen molar-refractivity contribution in [3.8, 4) is 11.5 Å². The Labute approximate surface area is 139 Å². The zero-order valence-electron chi connectivity index (χ0n) is 12.8. The Hall–Kier alpha value is -2.53. The number of nitrogens with zero attached hydrogens (tertiary/aromatic N) is 2. The third-order valence-corrected chi connectivity index (χ3v) is 3.76. The number of methoxy groups -OCH3 is 2. The Morgan fingerprint density at radius 3 is 2.48 bits per heavy atom. The molecule has 118 valence electrons. The molecule has 3 rings (SSSR count). The quantitative estimate of drug-likeness (QED) is 0.719. The van der Waals surface area contributed by atoms with Crippen molar-refractivity contribution in [1.29, 1.82) is 0 Å². The van der Waals surface area contributed by atoms with Gasteiger partial charge in [-0.25, -0.2) is 9.97 Å². The van der Waals surface area contributed by atoms with Crippen LogP contribution in [0.15, 0.2) is 42.5 Å². The number of fused-ring (bicyclic) bond motifs is 1. The lowest BCUT2D eigenvalue weighted by Crippen LogP contribution is -2.04. The molecule has 0 bridgehead atoms. The van der Waals surface area contributed by atoms with Gasteiger partial charge in [-0.3, -0.25) is 0 Å². The van der Waals surface area contributed by atoms with Crippen molar-refractivity contribution < 1.29 is 9.47 Å². The molecule has 0 saturated heterocycles. The maximum absolute atomic E-state index is 6.25. The summed E-state index contributed by atoms with van der Waals surface area (Å²) in [6.45, 7) is 0.584. The predicted molar refractivity (Wildman–Crippen MR) is 91.4 cm³/mol. The Morgan fingerprint density at radius 1 is 1.00 bits per heavy atom. The molecule has 0 fully saturated rings. The van der Waals surface area contributed by atoms with Gasteiger partial charge in [0.05, 0.1) is 14.2 Å². The van der Waals surface area contributed by atoms with Gasteiger partial charge >= 0.3 is 0 Å². The standard InChI is InChI=1S/C17H16ClN3O2/c1-22-12-8-6-11(7-9-12)10-19-17-20-15-13(16(18)21-17)4-3-5-14(15)23-2/h3-9H,10H2,1-2H3,(H,19,20,21). The Bertz CT molecular complexity index is 822. The lowest BCUT2D eigenvalue weighted by atomic mass is 10.2. The van der Waals surface area contributed by atoms with E-state index in [1.54, 1.807) is 14.2 Å². The number of anilines is 1. The highest BCUT2D eigenvalue weighted by molar-refractivity contribution is 6.34. The van der Waals surface area contributed by atoms with Crippen molar-refractivity contribution in [1.82, 2.24) is 9.97 Å². The van der Waals surface area contributed by atoms with E-state index >= 15 is 0 Å². The van der Waals surface area contributed by atoms with Gasteiger partial charge < -0.3 is 14.8 Å². The Morgan fingerprint density at radius 2 is 1.78 bits per heavy atom. The molecular formula is C17H16ClN3O2. The number of aromatic nitrogens is 2. The van der Waals surface area contributed by atoms with E-state index in [9.17, 15) is 0 Å². The second-order valence-corrected chi connectivity index (χ2v) is 5.25. The first kappa shape index (κ1) is 15.4. The summed E-state index contributed by atoms with van der Waals surface area (Å²) in [7, 11) is 3.25. The minimum absolute atomic E-state index is 0.395. The zero-order valence-corrected chi connectivity index (χ0v) is 13.6. The topological polar surface area (TPSA) is 56.3 Å². The van der Waals surface area contributed by atoms with Crippen LogP contribution in [0.5, 0.6) is 11.5 Å². The van der Waals surface area contributed by atoms with Gasteiger partial charge in [0.1, 0.15) is 22.2 Å². The van der Waals surface area contributed by atoms with Gasteiger partial charge in [0, 0.05) is 11.9 Å². The minimum atomic E-state index is 0.395. The second-order valence-electron chi connectivity index (χ2n) is 4.90. The molecule has 0 atom stereocenters. The van der Waals surface area contributed by atoms with Crippen LogP contribution < -0.4 is 14.8 Å². The van der Waals surface area contributed by atoms with Crippen LogP contribution in [-0.2, 0) is 6.54 Å². The first-order valence-corrected chi connectivity index (χ1v) is 7.46. The van der Waals surface area contributed by atoms with E-state index in [4.69, 9.17) is 21.1 Å². The van der Waals surface area contributed by atoms with Crippen molar-refractivity contribution in [2.24, 2.45) is 0 Å². The van der Waals surface area contributed by atoms with Gasteiger partial charge in [0.2, 0.25) is 5.95 Å². The van der Waals surface area contributed by atoms with Gasteiger partial charge in [-0.2, -0.15) is 0 Å². The fraction of sp³-hybridized carbons (Fsp3) is 0.176. The molecule has 1 N–H and O–H groups in total. The van der Waals surface area contributed by atoms with Gasteiger partial charge in [-0.05, 0) is 29.8 Å². The zero-order chi connectivity index (χ0) is 16.2. The SMILES string of the molecule is COc1ccc(CNc2nc(Cl)c3cccc(OC)c3n2)cc1. The smallest absolute Gasteiger partial charge is 0.225 e. The summed E-state index contributed by atoms with van der Waals surface area (Å²) in [6, 6.07) is 13.4. The normalized spacial score (nSPS) is 10.6.